The fourth-order valence-electron chi connectivity index (χ4n) is 3.34. The second kappa shape index (κ2) is 8.39. The third-order valence-corrected chi connectivity index (χ3v) is 4.71. The summed E-state index contributed by atoms with van der Waals surface area (Å²) in [5.41, 5.74) is 1.50. The van der Waals surface area contributed by atoms with E-state index >= 15 is 0 Å². The van der Waals surface area contributed by atoms with Crippen molar-refractivity contribution in [3.63, 3.8) is 0 Å². The highest BCUT2D eigenvalue weighted by Gasteiger charge is 2.26. The molecule has 1 amide bonds. The maximum Gasteiger partial charge on any atom is 0.234 e. The standard InChI is InChI=1S/C17H27N5O2/c1-21-13-19-20-17(21)15-11-22(9-10-24-15)12-16(23)18-8-7-14-5-3-2-4-6-14/h5,13,15H,2-4,6-12H2,1H3,(H,18,23). The van der Waals surface area contributed by atoms with E-state index in [2.05, 4.69) is 26.5 Å². The number of morpholine rings is 1. The van der Waals surface area contributed by atoms with Crippen LogP contribution >= 0.6 is 0 Å². The third-order valence-electron chi connectivity index (χ3n) is 4.71. The first-order chi connectivity index (χ1) is 11.7. The lowest BCUT2D eigenvalue weighted by molar-refractivity contribution is -0.124. The van der Waals surface area contributed by atoms with E-state index in [9.17, 15) is 4.79 Å². The van der Waals surface area contributed by atoms with Crippen molar-refractivity contribution in [2.45, 2.75) is 38.2 Å². The molecule has 0 aromatic carbocycles. The molecule has 7 heteroatoms. The van der Waals surface area contributed by atoms with Crippen molar-refractivity contribution in [3.8, 4) is 0 Å². The largest absolute Gasteiger partial charge is 0.368 e. The molecule has 2 heterocycles. The molecule has 1 saturated heterocycles. The monoisotopic (exact) mass is 333 g/mol. The van der Waals surface area contributed by atoms with Crippen molar-refractivity contribution in [1.82, 2.24) is 25.0 Å². The number of hydrogen-bond acceptors (Lipinski definition) is 5. The zero-order chi connectivity index (χ0) is 16.8. The Labute approximate surface area is 143 Å². The molecule has 3 rings (SSSR count). The summed E-state index contributed by atoms with van der Waals surface area (Å²) in [7, 11) is 1.91. The van der Waals surface area contributed by atoms with Crippen LogP contribution in [0.4, 0.5) is 0 Å². The van der Waals surface area contributed by atoms with Crippen molar-refractivity contribution in [3.05, 3.63) is 23.8 Å². The van der Waals surface area contributed by atoms with Gasteiger partial charge in [0.05, 0.1) is 13.2 Å². The fraction of sp³-hybridized carbons (Fsp3) is 0.706. The van der Waals surface area contributed by atoms with Gasteiger partial charge in [0, 0.05) is 26.7 Å². The predicted molar refractivity (Wildman–Crippen MR) is 90.3 cm³/mol. The molecule has 1 N–H and O–H groups in total. The lowest BCUT2D eigenvalue weighted by Gasteiger charge is -2.31. The minimum Gasteiger partial charge on any atom is -0.368 e. The molecule has 132 valence electrons. The first-order valence-corrected chi connectivity index (χ1v) is 8.85. The highest BCUT2D eigenvalue weighted by atomic mass is 16.5. The molecule has 1 aliphatic heterocycles. The van der Waals surface area contributed by atoms with Crippen molar-refractivity contribution in [2.24, 2.45) is 7.05 Å². The van der Waals surface area contributed by atoms with E-state index in [1.165, 1.54) is 31.3 Å². The molecule has 24 heavy (non-hydrogen) atoms. The molecule has 1 aromatic rings. The molecular weight excluding hydrogens is 306 g/mol. The molecule has 1 fully saturated rings. The van der Waals surface area contributed by atoms with Crippen LogP contribution in [0.1, 0.15) is 44.0 Å². The summed E-state index contributed by atoms with van der Waals surface area (Å²) in [5, 5.41) is 11.0. The number of hydrogen-bond donors (Lipinski definition) is 1. The number of nitrogens with zero attached hydrogens (tertiary/aromatic N) is 4. The van der Waals surface area contributed by atoms with E-state index < -0.39 is 0 Å². The van der Waals surface area contributed by atoms with Gasteiger partial charge < -0.3 is 14.6 Å². The van der Waals surface area contributed by atoms with Crippen LogP contribution in [0.5, 0.6) is 0 Å². The van der Waals surface area contributed by atoms with Crippen LogP contribution in [0.25, 0.3) is 0 Å². The first kappa shape index (κ1) is 17.1. The summed E-state index contributed by atoms with van der Waals surface area (Å²) in [5.74, 6) is 0.898. The van der Waals surface area contributed by atoms with E-state index in [0.29, 0.717) is 19.7 Å². The molecule has 7 nitrogen and oxygen atoms in total. The Bertz CT molecular complexity index is 583. The van der Waals surface area contributed by atoms with Crippen molar-refractivity contribution in [1.29, 1.82) is 0 Å². The van der Waals surface area contributed by atoms with Crippen molar-refractivity contribution < 1.29 is 9.53 Å². The molecule has 0 radical (unpaired) electrons. The first-order valence-electron chi connectivity index (χ1n) is 8.85. The molecule has 0 bridgehead atoms. The van der Waals surface area contributed by atoms with Crippen molar-refractivity contribution in [2.75, 3.05) is 32.8 Å². The van der Waals surface area contributed by atoms with E-state index in [1.807, 2.05) is 11.6 Å². The molecular formula is C17H27N5O2. The van der Waals surface area contributed by atoms with Crippen LogP contribution in [0, 0.1) is 0 Å². The summed E-state index contributed by atoms with van der Waals surface area (Å²) in [6, 6.07) is 0. The smallest absolute Gasteiger partial charge is 0.234 e. The maximum atomic E-state index is 12.2. The zero-order valence-corrected chi connectivity index (χ0v) is 14.4. The topological polar surface area (TPSA) is 72.3 Å². The Morgan fingerprint density at radius 1 is 1.46 bits per heavy atom. The number of allylic oxidation sites excluding steroid dienone is 1. The van der Waals surface area contributed by atoms with Crippen molar-refractivity contribution >= 4 is 5.91 Å². The molecule has 0 spiro atoms. The van der Waals surface area contributed by atoms with E-state index in [-0.39, 0.29) is 12.0 Å². The van der Waals surface area contributed by atoms with Crippen LogP contribution in [-0.2, 0) is 16.6 Å². The predicted octanol–water partition coefficient (Wildman–Crippen LogP) is 1.20. The SMILES string of the molecule is Cn1cnnc1C1CN(CC(=O)NCCC2=CCCCC2)CCO1. The van der Waals surface area contributed by atoms with Gasteiger partial charge in [-0.2, -0.15) is 0 Å². The number of aryl methyl sites for hydroxylation is 1. The van der Waals surface area contributed by atoms with Gasteiger partial charge in [0.2, 0.25) is 5.91 Å². The summed E-state index contributed by atoms with van der Waals surface area (Å²) in [6.07, 6.45) is 9.85. The average Bonchev–Trinajstić information content (AvgIpc) is 3.02. The number of carbonyl (C=O) groups excluding carboxylic acids is 1. The van der Waals surface area contributed by atoms with Gasteiger partial charge in [-0.15, -0.1) is 10.2 Å². The lowest BCUT2D eigenvalue weighted by atomic mass is 9.97. The van der Waals surface area contributed by atoms with Gasteiger partial charge >= 0.3 is 0 Å². The summed E-state index contributed by atoms with van der Waals surface area (Å²) >= 11 is 0. The number of aromatic nitrogens is 3. The maximum absolute atomic E-state index is 12.2. The molecule has 2 aliphatic rings. The quantitative estimate of drug-likeness (QED) is 0.792. The van der Waals surface area contributed by atoms with Crippen LogP contribution in [0.2, 0.25) is 0 Å². The minimum absolute atomic E-state index is 0.0880. The average molecular weight is 333 g/mol. The Hall–Kier alpha value is -1.73. The zero-order valence-electron chi connectivity index (χ0n) is 14.4. The lowest BCUT2D eigenvalue weighted by Crippen LogP contribution is -2.44. The fourth-order valence-corrected chi connectivity index (χ4v) is 3.34. The number of amides is 1. The number of carbonyl (C=O) groups is 1. The number of ether oxygens (including phenoxy) is 1. The van der Waals surface area contributed by atoms with E-state index in [0.717, 1.165) is 25.3 Å². The number of rotatable bonds is 6. The Kier molecular flexibility index (Phi) is 5.98. The molecule has 1 atom stereocenters. The normalized spacial score (nSPS) is 22.2. The highest BCUT2D eigenvalue weighted by Crippen LogP contribution is 2.20. The second-order valence-electron chi connectivity index (χ2n) is 6.60. The Balaban J connectivity index is 1.41. The Morgan fingerprint density at radius 2 is 2.38 bits per heavy atom. The third kappa shape index (κ3) is 4.64. The minimum atomic E-state index is -0.119. The van der Waals surface area contributed by atoms with Gasteiger partial charge in [0.15, 0.2) is 5.82 Å². The van der Waals surface area contributed by atoms with E-state index in [4.69, 9.17) is 4.74 Å². The molecule has 1 aromatic heterocycles. The molecule has 1 aliphatic carbocycles. The Morgan fingerprint density at radius 3 is 3.12 bits per heavy atom. The van der Waals surface area contributed by atoms with Gasteiger partial charge in [-0.3, -0.25) is 9.69 Å². The van der Waals surface area contributed by atoms with Crippen LogP contribution in [-0.4, -0.2) is 58.4 Å². The summed E-state index contributed by atoms with van der Waals surface area (Å²) in [6.45, 7) is 3.20. The van der Waals surface area contributed by atoms with Gasteiger partial charge in [0.1, 0.15) is 12.4 Å². The van der Waals surface area contributed by atoms with E-state index in [1.54, 1.807) is 6.33 Å². The summed E-state index contributed by atoms with van der Waals surface area (Å²) in [4.78, 5) is 14.3. The van der Waals surface area contributed by atoms with Gasteiger partial charge in [0.25, 0.3) is 0 Å². The summed E-state index contributed by atoms with van der Waals surface area (Å²) < 4.78 is 7.64. The van der Waals surface area contributed by atoms with Crippen LogP contribution < -0.4 is 5.32 Å². The van der Waals surface area contributed by atoms with Gasteiger partial charge in [-0.05, 0) is 32.1 Å². The van der Waals surface area contributed by atoms with Crippen LogP contribution in [0.15, 0.2) is 18.0 Å². The van der Waals surface area contributed by atoms with Crippen LogP contribution in [0.3, 0.4) is 0 Å². The molecule has 0 saturated carbocycles. The second-order valence-corrected chi connectivity index (χ2v) is 6.60. The van der Waals surface area contributed by atoms with Gasteiger partial charge in [-0.1, -0.05) is 11.6 Å². The highest BCUT2D eigenvalue weighted by molar-refractivity contribution is 5.78. The van der Waals surface area contributed by atoms with Gasteiger partial charge in [-0.25, -0.2) is 0 Å². The molecule has 1 unspecified atom stereocenters. The number of nitrogens with one attached hydrogen (secondary N) is 1.